The van der Waals surface area contributed by atoms with Crippen LogP contribution in [0.1, 0.15) is 0 Å². The summed E-state index contributed by atoms with van der Waals surface area (Å²) in [6.45, 7) is 0. The topological polar surface area (TPSA) is 64.0 Å². The molecule has 5 nitrogen and oxygen atoms in total. The van der Waals surface area contributed by atoms with Crippen molar-refractivity contribution in [2.24, 2.45) is 7.05 Å². The molecule has 0 radical (unpaired) electrons. The van der Waals surface area contributed by atoms with Crippen LogP contribution in [0.15, 0.2) is 73.1 Å². The number of sulfonamides is 1. The summed E-state index contributed by atoms with van der Waals surface area (Å²) in [6, 6.07) is 19.7. The van der Waals surface area contributed by atoms with Gasteiger partial charge in [0.05, 0.1) is 11.9 Å². The average Bonchev–Trinajstić information content (AvgIpc) is 2.95. The predicted octanol–water partition coefficient (Wildman–Crippen LogP) is 4.28. The van der Waals surface area contributed by atoms with Gasteiger partial charge in [0.25, 0.3) is 0 Å². The lowest BCUT2D eigenvalue weighted by atomic mass is 9.99. The van der Waals surface area contributed by atoms with Crippen molar-refractivity contribution in [3.8, 4) is 22.4 Å². The molecule has 0 atom stereocenters. The summed E-state index contributed by atoms with van der Waals surface area (Å²) < 4.78 is 27.6. The van der Waals surface area contributed by atoms with Crippen LogP contribution < -0.4 is 4.72 Å². The van der Waals surface area contributed by atoms with Gasteiger partial charge < -0.3 is 4.57 Å². The van der Waals surface area contributed by atoms with E-state index in [1.165, 1.54) is 5.39 Å². The van der Waals surface area contributed by atoms with Gasteiger partial charge in [0.2, 0.25) is 10.0 Å². The molecule has 4 aromatic rings. The van der Waals surface area contributed by atoms with Crippen LogP contribution in [-0.2, 0) is 17.1 Å². The number of fused-ring (bicyclic) bond motifs is 1. The molecule has 2 aromatic heterocycles. The fourth-order valence-corrected chi connectivity index (χ4v) is 4.02. The summed E-state index contributed by atoms with van der Waals surface area (Å²) in [5.41, 5.74) is 6.01. The van der Waals surface area contributed by atoms with Crippen molar-refractivity contribution in [1.29, 1.82) is 0 Å². The maximum atomic E-state index is 11.4. The van der Waals surface area contributed by atoms with E-state index < -0.39 is 10.0 Å². The molecule has 0 fully saturated rings. The van der Waals surface area contributed by atoms with Gasteiger partial charge in [-0.15, -0.1) is 0 Å². The number of rotatable bonds is 4. The van der Waals surface area contributed by atoms with Gasteiger partial charge in [-0.2, -0.15) is 0 Å². The molecule has 0 bridgehead atoms. The van der Waals surface area contributed by atoms with Crippen LogP contribution in [0.4, 0.5) is 5.69 Å². The van der Waals surface area contributed by atoms with Gasteiger partial charge in [0.15, 0.2) is 0 Å². The van der Waals surface area contributed by atoms with Crippen molar-refractivity contribution < 1.29 is 8.42 Å². The number of aryl methyl sites for hydroxylation is 1. The molecule has 0 unspecified atom stereocenters. The molecule has 4 rings (SSSR count). The molecular formula is C21H19N3O2S. The second-order valence-corrected chi connectivity index (χ2v) is 8.24. The van der Waals surface area contributed by atoms with E-state index >= 15 is 0 Å². The minimum atomic E-state index is -3.30. The van der Waals surface area contributed by atoms with Gasteiger partial charge in [0.1, 0.15) is 0 Å². The molecule has 27 heavy (non-hydrogen) atoms. The van der Waals surface area contributed by atoms with Crippen molar-refractivity contribution >= 4 is 26.6 Å². The second kappa shape index (κ2) is 6.55. The summed E-state index contributed by atoms with van der Waals surface area (Å²) >= 11 is 0. The van der Waals surface area contributed by atoms with Gasteiger partial charge in [-0.25, -0.2) is 8.42 Å². The van der Waals surface area contributed by atoms with E-state index in [9.17, 15) is 8.42 Å². The Morgan fingerprint density at radius 2 is 1.56 bits per heavy atom. The summed E-state index contributed by atoms with van der Waals surface area (Å²) in [5.74, 6) is 0. The van der Waals surface area contributed by atoms with Gasteiger partial charge in [-0.1, -0.05) is 30.3 Å². The first-order valence-corrected chi connectivity index (χ1v) is 10.4. The van der Waals surface area contributed by atoms with E-state index in [4.69, 9.17) is 0 Å². The number of aromatic nitrogens is 2. The third-order valence-corrected chi connectivity index (χ3v) is 5.14. The number of nitrogens with one attached hydrogen (secondary N) is 1. The lowest BCUT2D eigenvalue weighted by Gasteiger charge is -2.10. The number of pyridine rings is 1. The van der Waals surface area contributed by atoms with Crippen LogP contribution in [0, 0.1) is 0 Å². The Morgan fingerprint density at radius 3 is 2.22 bits per heavy atom. The quantitative estimate of drug-likeness (QED) is 0.577. The Labute approximate surface area is 158 Å². The van der Waals surface area contributed by atoms with E-state index in [-0.39, 0.29) is 0 Å². The van der Waals surface area contributed by atoms with Crippen LogP contribution in [0.25, 0.3) is 33.3 Å². The van der Waals surface area contributed by atoms with E-state index in [0.29, 0.717) is 5.69 Å². The van der Waals surface area contributed by atoms with Crippen molar-refractivity contribution in [1.82, 2.24) is 9.55 Å². The first-order valence-electron chi connectivity index (χ1n) is 8.50. The highest BCUT2D eigenvalue weighted by atomic mass is 32.2. The van der Waals surface area contributed by atoms with Crippen LogP contribution in [0.3, 0.4) is 0 Å². The monoisotopic (exact) mass is 377 g/mol. The second-order valence-electron chi connectivity index (χ2n) is 6.49. The zero-order valence-electron chi connectivity index (χ0n) is 15.0. The molecule has 2 heterocycles. The Morgan fingerprint density at radius 1 is 0.889 bits per heavy atom. The van der Waals surface area contributed by atoms with Gasteiger partial charge in [0, 0.05) is 41.6 Å². The minimum absolute atomic E-state index is 0.547. The van der Waals surface area contributed by atoms with Crippen molar-refractivity contribution in [3.05, 3.63) is 73.1 Å². The zero-order chi connectivity index (χ0) is 19.0. The molecular weight excluding hydrogens is 358 g/mol. The van der Waals surface area contributed by atoms with E-state index in [0.717, 1.165) is 34.2 Å². The Balaban J connectivity index is 1.93. The molecule has 1 N–H and O–H groups in total. The fraction of sp³-hybridized carbons (Fsp3) is 0.0952. The third-order valence-electron chi connectivity index (χ3n) is 4.54. The maximum Gasteiger partial charge on any atom is 0.229 e. The van der Waals surface area contributed by atoms with E-state index in [2.05, 4.69) is 26.4 Å². The molecule has 0 aliphatic rings. The first-order chi connectivity index (χ1) is 12.9. The van der Waals surface area contributed by atoms with Crippen molar-refractivity contribution in [2.45, 2.75) is 0 Å². The normalized spacial score (nSPS) is 11.6. The van der Waals surface area contributed by atoms with Crippen LogP contribution >= 0.6 is 0 Å². The fourth-order valence-electron chi connectivity index (χ4n) is 3.45. The van der Waals surface area contributed by atoms with Crippen LogP contribution in [0.5, 0.6) is 0 Å². The SMILES string of the molecule is Cn1c(-c2ccc(NS(C)(=O)=O)cc2)c(-c2ccncc2)c2ccccc21. The summed E-state index contributed by atoms with van der Waals surface area (Å²) in [7, 11) is -1.25. The minimum Gasteiger partial charge on any atom is -0.343 e. The van der Waals surface area contributed by atoms with E-state index in [1.54, 1.807) is 24.5 Å². The van der Waals surface area contributed by atoms with Gasteiger partial charge in [-0.3, -0.25) is 9.71 Å². The van der Waals surface area contributed by atoms with Crippen molar-refractivity contribution in [2.75, 3.05) is 11.0 Å². The lowest BCUT2D eigenvalue weighted by molar-refractivity contribution is 0.607. The molecule has 0 saturated heterocycles. The van der Waals surface area contributed by atoms with Crippen LogP contribution in [0.2, 0.25) is 0 Å². The number of para-hydroxylation sites is 1. The summed E-state index contributed by atoms with van der Waals surface area (Å²) in [5, 5.41) is 1.17. The Kier molecular flexibility index (Phi) is 4.20. The molecule has 6 heteroatoms. The molecule has 2 aromatic carbocycles. The largest absolute Gasteiger partial charge is 0.343 e. The number of hydrogen-bond acceptors (Lipinski definition) is 3. The molecule has 0 amide bonds. The number of hydrogen-bond donors (Lipinski definition) is 1. The summed E-state index contributed by atoms with van der Waals surface area (Å²) in [4.78, 5) is 4.13. The number of benzene rings is 2. The average molecular weight is 377 g/mol. The maximum absolute atomic E-state index is 11.4. The number of nitrogens with zero attached hydrogens (tertiary/aromatic N) is 2. The summed E-state index contributed by atoms with van der Waals surface area (Å²) in [6.07, 6.45) is 4.73. The van der Waals surface area contributed by atoms with Gasteiger partial charge in [-0.05, 0) is 41.5 Å². The zero-order valence-corrected chi connectivity index (χ0v) is 15.9. The third kappa shape index (κ3) is 3.31. The predicted molar refractivity (Wildman–Crippen MR) is 110 cm³/mol. The highest BCUT2D eigenvalue weighted by molar-refractivity contribution is 7.92. The molecule has 0 spiro atoms. The highest BCUT2D eigenvalue weighted by Crippen LogP contribution is 2.40. The van der Waals surface area contributed by atoms with Crippen molar-refractivity contribution in [3.63, 3.8) is 0 Å². The lowest BCUT2D eigenvalue weighted by Crippen LogP contribution is -2.09. The number of anilines is 1. The molecule has 0 saturated carbocycles. The van der Waals surface area contributed by atoms with E-state index in [1.807, 2.05) is 43.4 Å². The molecule has 0 aliphatic heterocycles. The van der Waals surface area contributed by atoms with Gasteiger partial charge >= 0.3 is 0 Å². The smallest absolute Gasteiger partial charge is 0.229 e. The van der Waals surface area contributed by atoms with Crippen LogP contribution in [-0.4, -0.2) is 24.2 Å². The molecule has 136 valence electrons. The first kappa shape index (κ1) is 17.3. The Bertz CT molecular complexity index is 1210. The molecule has 0 aliphatic carbocycles. The standard InChI is InChI=1S/C21H19N3O2S/c1-24-19-6-4-3-5-18(19)20(15-11-13-22-14-12-15)21(24)16-7-9-17(10-8-16)23-27(2,25)26/h3-14,23H,1-2H3. The highest BCUT2D eigenvalue weighted by Gasteiger charge is 2.18. The Hall–Kier alpha value is -3.12.